The zero-order valence-corrected chi connectivity index (χ0v) is 8.19. The molecule has 0 amide bonds. The van der Waals surface area contributed by atoms with E-state index in [0.717, 1.165) is 18.3 Å². The molecular weight excluding hydrogens is 160 g/mol. The van der Waals surface area contributed by atoms with Crippen molar-refractivity contribution in [3.05, 3.63) is 0 Å². The van der Waals surface area contributed by atoms with E-state index in [1.165, 1.54) is 0 Å². The van der Waals surface area contributed by atoms with E-state index >= 15 is 0 Å². The second-order valence-electron chi connectivity index (χ2n) is 2.95. The van der Waals surface area contributed by atoms with Gasteiger partial charge in [0.05, 0.1) is 18.0 Å². The van der Waals surface area contributed by atoms with Gasteiger partial charge in [0.2, 0.25) is 0 Å². The fraction of sp³-hybridized carbons (Fsp3) is 1.00. The lowest BCUT2D eigenvalue weighted by molar-refractivity contribution is 0.0743. The molecule has 2 nitrogen and oxygen atoms in total. The van der Waals surface area contributed by atoms with E-state index in [2.05, 4.69) is 6.92 Å². The van der Waals surface area contributed by atoms with Gasteiger partial charge in [-0.15, -0.1) is 0 Å². The minimum absolute atomic E-state index is 0.398. The Kier molecular flexibility index (Phi) is 3.69. The summed E-state index contributed by atoms with van der Waals surface area (Å²) in [5.41, 5.74) is 0. The summed E-state index contributed by atoms with van der Waals surface area (Å²) in [6, 6.07) is 0. The average molecular weight is 176 g/mol. The van der Waals surface area contributed by atoms with Gasteiger partial charge >= 0.3 is 0 Å². The highest BCUT2D eigenvalue weighted by Crippen LogP contribution is 2.35. The molecule has 3 heteroatoms. The third kappa shape index (κ3) is 2.36. The zero-order valence-electron chi connectivity index (χ0n) is 7.37. The summed E-state index contributed by atoms with van der Waals surface area (Å²) >= 11 is 1.97. The molecule has 1 saturated heterocycles. The van der Waals surface area contributed by atoms with Crippen molar-refractivity contribution in [3.8, 4) is 0 Å². The minimum atomic E-state index is 0.398. The topological polar surface area (TPSA) is 18.5 Å². The first-order chi connectivity index (χ1) is 5.27. The fourth-order valence-electron chi connectivity index (χ4n) is 1.48. The third-order valence-electron chi connectivity index (χ3n) is 2.02. The molecule has 3 atom stereocenters. The highest BCUT2D eigenvalue weighted by molar-refractivity contribution is 8.00. The second kappa shape index (κ2) is 4.33. The van der Waals surface area contributed by atoms with Gasteiger partial charge in [-0.05, 0) is 6.42 Å². The van der Waals surface area contributed by atoms with Gasteiger partial charge in [0.1, 0.15) is 0 Å². The SMILES string of the molecule is COCC1SC(C)CC1OC. The Morgan fingerprint density at radius 3 is 2.73 bits per heavy atom. The molecule has 0 aromatic heterocycles. The maximum Gasteiger partial charge on any atom is 0.0722 e. The standard InChI is InChI=1S/C8H16O2S/c1-6-4-7(10-3)8(11-6)5-9-2/h6-8H,4-5H2,1-3H3. The molecule has 0 radical (unpaired) electrons. The predicted molar refractivity (Wildman–Crippen MR) is 48.1 cm³/mol. The van der Waals surface area contributed by atoms with Crippen molar-refractivity contribution in [2.75, 3.05) is 20.8 Å². The molecule has 11 heavy (non-hydrogen) atoms. The van der Waals surface area contributed by atoms with Gasteiger partial charge < -0.3 is 9.47 Å². The first-order valence-electron chi connectivity index (χ1n) is 3.95. The monoisotopic (exact) mass is 176 g/mol. The summed E-state index contributed by atoms with van der Waals surface area (Å²) in [5, 5.41) is 1.26. The Morgan fingerprint density at radius 1 is 1.45 bits per heavy atom. The first-order valence-corrected chi connectivity index (χ1v) is 4.89. The summed E-state index contributed by atoms with van der Waals surface area (Å²) in [6.45, 7) is 3.06. The Bertz CT molecular complexity index is 119. The number of hydrogen-bond donors (Lipinski definition) is 0. The second-order valence-corrected chi connectivity index (χ2v) is 4.63. The van der Waals surface area contributed by atoms with Crippen LogP contribution in [0.4, 0.5) is 0 Å². The molecule has 1 aliphatic heterocycles. The molecular formula is C8H16O2S. The van der Waals surface area contributed by atoms with Crippen molar-refractivity contribution >= 4 is 11.8 Å². The predicted octanol–water partition coefficient (Wildman–Crippen LogP) is 1.54. The molecule has 1 aliphatic rings. The lowest BCUT2D eigenvalue weighted by Gasteiger charge is -2.15. The molecule has 3 unspecified atom stereocenters. The van der Waals surface area contributed by atoms with Crippen LogP contribution in [0.3, 0.4) is 0 Å². The normalized spacial score (nSPS) is 37.9. The molecule has 0 aromatic rings. The van der Waals surface area contributed by atoms with Crippen LogP contribution >= 0.6 is 11.8 Å². The van der Waals surface area contributed by atoms with Crippen molar-refractivity contribution in [2.24, 2.45) is 0 Å². The number of hydrogen-bond acceptors (Lipinski definition) is 3. The maximum absolute atomic E-state index is 5.35. The smallest absolute Gasteiger partial charge is 0.0722 e. The van der Waals surface area contributed by atoms with Crippen molar-refractivity contribution in [3.63, 3.8) is 0 Å². The lowest BCUT2D eigenvalue weighted by Crippen LogP contribution is -2.24. The van der Waals surface area contributed by atoms with Crippen molar-refractivity contribution in [1.82, 2.24) is 0 Å². The molecule has 0 aromatic carbocycles. The summed E-state index contributed by atoms with van der Waals surface area (Å²) in [6.07, 6.45) is 1.56. The number of ether oxygens (including phenoxy) is 2. The number of rotatable bonds is 3. The molecule has 0 N–H and O–H groups in total. The molecule has 1 rings (SSSR count). The number of methoxy groups -OCH3 is 2. The Morgan fingerprint density at radius 2 is 2.18 bits per heavy atom. The number of thioether (sulfide) groups is 1. The summed E-state index contributed by atoms with van der Waals surface area (Å²) < 4.78 is 10.5. The lowest BCUT2D eigenvalue weighted by atomic mass is 10.1. The fourth-order valence-corrected chi connectivity index (χ4v) is 2.99. The quantitative estimate of drug-likeness (QED) is 0.650. The van der Waals surface area contributed by atoms with Crippen LogP contribution in [-0.2, 0) is 9.47 Å². The van der Waals surface area contributed by atoms with Crippen LogP contribution in [-0.4, -0.2) is 37.4 Å². The van der Waals surface area contributed by atoms with Gasteiger partial charge in [-0.3, -0.25) is 0 Å². The van der Waals surface area contributed by atoms with E-state index in [1.807, 2.05) is 11.8 Å². The summed E-state index contributed by atoms with van der Waals surface area (Å²) in [7, 11) is 3.53. The van der Waals surface area contributed by atoms with E-state index in [0.29, 0.717) is 11.4 Å². The van der Waals surface area contributed by atoms with Crippen LogP contribution in [0.25, 0.3) is 0 Å². The summed E-state index contributed by atoms with van der Waals surface area (Å²) in [4.78, 5) is 0. The van der Waals surface area contributed by atoms with Crippen LogP contribution in [0.1, 0.15) is 13.3 Å². The van der Waals surface area contributed by atoms with Crippen LogP contribution in [0, 0.1) is 0 Å². The van der Waals surface area contributed by atoms with Gasteiger partial charge in [-0.25, -0.2) is 0 Å². The summed E-state index contributed by atoms with van der Waals surface area (Å²) in [5.74, 6) is 0. The molecule has 1 heterocycles. The van der Waals surface area contributed by atoms with Crippen molar-refractivity contribution in [2.45, 2.75) is 29.9 Å². The van der Waals surface area contributed by atoms with Crippen molar-refractivity contribution in [1.29, 1.82) is 0 Å². The largest absolute Gasteiger partial charge is 0.383 e. The van der Waals surface area contributed by atoms with E-state index < -0.39 is 0 Å². The van der Waals surface area contributed by atoms with Gasteiger partial charge in [0.25, 0.3) is 0 Å². The maximum atomic E-state index is 5.35. The van der Waals surface area contributed by atoms with Crippen molar-refractivity contribution < 1.29 is 9.47 Å². The Balaban J connectivity index is 2.37. The van der Waals surface area contributed by atoms with E-state index in [-0.39, 0.29) is 0 Å². The third-order valence-corrected chi connectivity index (χ3v) is 3.47. The molecule has 0 aliphatic carbocycles. The van der Waals surface area contributed by atoms with Crippen LogP contribution < -0.4 is 0 Å². The van der Waals surface area contributed by atoms with Gasteiger partial charge in [0, 0.05) is 19.5 Å². The molecule has 0 saturated carbocycles. The minimum Gasteiger partial charge on any atom is -0.383 e. The highest BCUT2D eigenvalue weighted by Gasteiger charge is 2.32. The molecule has 0 bridgehead atoms. The van der Waals surface area contributed by atoms with E-state index in [4.69, 9.17) is 9.47 Å². The van der Waals surface area contributed by atoms with E-state index in [1.54, 1.807) is 14.2 Å². The van der Waals surface area contributed by atoms with Crippen LogP contribution in [0.5, 0.6) is 0 Å². The van der Waals surface area contributed by atoms with Crippen LogP contribution in [0.2, 0.25) is 0 Å². The van der Waals surface area contributed by atoms with Gasteiger partial charge in [0.15, 0.2) is 0 Å². The zero-order chi connectivity index (χ0) is 8.27. The highest BCUT2D eigenvalue weighted by atomic mass is 32.2. The van der Waals surface area contributed by atoms with Crippen LogP contribution in [0.15, 0.2) is 0 Å². The average Bonchev–Trinajstić information content (AvgIpc) is 2.32. The Hall–Kier alpha value is 0.270. The first kappa shape index (κ1) is 9.36. The van der Waals surface area contributed by atoms with Gasteiger partial charge in [-0.2, -0.15) is 11.8 Å². The molecule has 0 spiro atoms. The Labute approximate surface area is 72.6 Å². The molecule has 66 valence electrons. The van der Waals surface area contributed by atoms with E-state index in [9.17, 15) is 0 Å². The van der Waals surface area contributed by atoms with Gasteiger partial charge in [-0.1, -0.05) is 6.92 Å². The molecule has 1 fully saturated rings.